The largest absolute Gasteiger partial charge is 0.491 e. The van der Waals surface area contributed by atoms with Crippen molar-refractivity contribution in [1.29, 1.82) is 0 Å². The van der Waals surface area contributed by atoms with Crippen LogP contribution in [0.25, 0.3) is 11.3 Å². The Bertz CT molecular complexity index is 1370. The van der Waals surface area contributed by atoms with Crippen LogP contribution in [0.5, 0.6) is 5.75 Å². The van der Waals surface area contributed by atoms with Gasteiger partial charge in [0.2, 0.25) is 5.91 Å². The van der Waals surface area contributed by atoms with Crippen molar-refractivity contribution in [2.75, 3.05) is 23.8 Å². The van der Waals surface area contributed by atoms with Crippen LogP contribution in [0.4, 0.5) is 15.9 Å². The summed E-state index contributed by atoms with van der Waals surface area (Å²) in [5.74, 6) is -1.49. The summed E-state index contributed by atoms with van der Waals surface area (Å²) >= 11 is 6.12. The van der Waals surface area contributed by atoms with Gasteiger partial charge in [-0.25, -0.2) is 4.39 Å². The van der Waals surface area contributed by atoms with Crippen LogP contribution >= 0.6 is 11.6 Å². The van der Waals surface area contributed by atoms with Crippen LogP contribution < -0.4 is 15.0 Å². The average molecular weight is 516 g/mol. The number of benzene rings is 2. The molecule has 1 heterocycles. The molecule has 0 saturated heterocycles. The smallest absolute Gasteiger partial charge is 0.262 e. The van der Waals surface area contributed by atoms with Crippen molar-refractivity contribution in [2.45, 2.75) is 46.1 Å². The third-order valence-electron chi connectivity index (χ3n) is 6.10. The summed E-state index contributed by atoms with van der Waals surface area (Å²) < 4.78 is 47.0. The maximum atomic E-state index is 14.7. The molecule has 1 N–H and O–H groups in total. The Morgan fingerprint density at radius 2 is 2.08 bits per heavy atom. The number of carbonyl (C=O) groups excluding carboxylic acids is 2. The topological polar surface area (TPSA) is 76.5 Å². The summed E-state index contributed by atoms with van der Waals surface area (Å²) in [5, 5.41) is 6.95. The Labute approximate surface area is 219 Å². The molecule has 9 heteroatoms. The van der Waals surface area contributed by atoms with Gasteiger partial charge in [0.15, 0.2) is 5.82 Å². The van der Waals surface area contributed by atoms with E-state index in [4.69, 9.17) is 20.5 Å². The first-order chi connectivity index (χ1) is 18.4. The molecule has 1 aliphatic rings. The van der Waals surface area contributed by atoms with E-state index in [1.54, 1.807) is 22.9 Å². The summed E-state index contributed by atoms with van der Waals surface area (Å²) in [6.45, 7) is 2.61. The van der Waals surface area contributed by atoms with Gasteiger partial charge in [0.05, 0.1) is 28.6 Å². The lowest BCUT2D eigenvalue weighted by Gasteiger charge is -2.27. The highest BCUT2D eigenvalue weighted by atomic mass is 35.5. The number of nitrogens with zero attached hydrogens (tertiary/aromatic N) is 3. The van der Waals surface area contributed by atoms with Gasteiger partial charge in [-0.3, -0.25) is 14.3 Å². The Kier molecular flexibility index (Phi) is 6.50. The van der Waals surface area contributed by atoms with Gasteiger partial charge in [0.1, 0.15) is 11.6 Å². The Morgan fingerprint density at radius 1 is 1.31 bits per heavy atom. The number of hydrogen-bond acceptors (Lipinski definition) is 4. The minimum atomic E-state index is -2.98. The molecule has 4 rings (SSSR count). The molecule has 0 aliphatic heterocycles. The zero-order valence-corrected chi connectivity index (χ0v) is 21.1. The highest BCUT2D eigenvalue weighted by molar-refractivity contribution is 6.34. The number of nitrogens with one attached hydrogen (secondary N) is 1. The van der Waals surface area contributed by atoms with E-state index in [2.05, 4.69) is 10.4 Å². The van der Waals surface area contributed by atoms with Gasteiger partial charge in [-0.1, -0.05) is 30.2 Å². The minimum absolute atomic E-state index is 0.0416. The van der Waals surface area contributed by atoms with Gasteiger partial charge in [-0.15, -0.1) is 0 Å². The Balaban J connectivity index is 1.84. The number of aromatic nitrogens is 2. The molecule has 3 aromatic rings. The molecule has 0 unspecified atom stereocenters. The quantitative estimate of drug-likeness (QED) is 0.380. The summed E-state index contributed by atoms with van der Waals surface area (Å²) in [7, 11) is 0. The molecule has 1 saturated carbocycles. The zero-order valence-electron chi connectivity index (χ0n) is 23.3. The van der Waals surface area contributed by atoms with Gasteiger partial charge >= 0.3 is 0 Å². The number of ether oxygens (including phenoxy) is 1. The summed E-state index contributed by atoms with van der Waals surface area (Å²) in [5.41, 5.74) is 0.696. The molecule has 2 amide bonds. The predicted octanol–water partition coefficient (Wildman–Crippen LogP) is 6.34. The number of hydrogen-bond donors (Lipinski definition) is 1. The van der Waals surface area contributed by atoms with Crippen molar-refractivity contribution in [3.05, 3.63) is 58.9 Å². The van der Waals surface area contributed by atoms with Gasteiger partial charge < -0.3 is 15.0 Å². The van der Waals surface area contributed by atoms with E-state index in [0.717, 1.165) is 25.3 Å². The highest BCUT2D eigenvalue weighted by Gasteiger charge is 2.25. The minimum Gasteiger partial charge on any atom is -0.491 e. The fourth-order valence-corrected chi connectivity index (χ4v) is 4.25. The normalized spacial score (nSPS) is 15.0. The van der Waals surface area contributed by atoms with Crippen molar-refractivity contribution >= 4 is 34.9 Å². The lowest BCUT2D eigenvalue weighted by atomic mass is 9.86. The number of rotatable bonds is 8. The molecule has 1 aromatic heterocycles. The molecule has 1 fully saturated rings. The molecule has 1 aliphatic carbocycles. The molecule has 0 bridgehead atoms. The van der Waals surface area contributed by atoms with Gasteiger partial charge in [-0.05, 0) is 56.9 Å². The van der Waals surface area contributed by atoms with E-state index >= 15 is 0 Å². The van der Waals surface area contributed by atoms with Crippen LogP contribution in [-0.2, 0) is 4.79 Å². The highest BCUT2D eigenvalue weighted by Crippen LogP contribution is 2.37. The monoisotopic (exact) mass is 515 g/mol. The average Bonchev–Trinajstić information content (AvgIpc) is 3.21. The lowest BCUT2D eigenvalue weighted by Crippen LogP contribution is -2.28. The Morgan fingerprint density at radius 3 is 2.69 bits per heavy atom. The summed E-state index contributed by atoms with van der Waals surface area (Å²) in [6.07, 6.45) is 3.07. The van der Waals surface area contributed by atoms with Crippen LogP contribution in [0.1, 0.15) is 60.5 Å². The van der Waals surface area contributed by atoms with Gasteiger partial charge in [0, 0.05) is 35.7 Å². The first-order valence-corrected chi connectivity index (χ1v) is 12.2. The van der Waals surface area contributed by atoms with Crippen molar-refractivity contribution in [3.63, 3.8) is 0 Å². The van der Waals surface area contributed by atoms with Gasteiger partial charge in [0.25, 0.3) is 5.91 Å². The van der Waals surface area contributed by atoms with E-state index in [1.807, 2.05) is 13.8 Å². The van der Waals surface area contributed by atoms with Crippen molar-refractivity contribution in [2.24, 2.45) is 5.92 Å². The van der Waals surface area contributed by atoms with Crippen LogP contribution in [0, 0.1) is 11.7 Å². The molecule has 2 aromatic carbocycles. The maximum Gasteiger partial charge on any atom is 0.262 e. The molecule has 190 valence electrons. The molecule has 0 atom stereocenters. The zero-order chi connectivity index (χ0) is 28.5. The van der Waals surface area contributed by atoms with E-state index < -0.39 is 24.3 Å². The van der Waals surface area contributed by atoms with Crippen LogP contribution in [-0.4, -0.2) is 35.2 Å². The summed E-state index contributed by atoms with van der Waals surface area (Å²) in [4.78, 5) is 25.7. The van der Waals surface area contributed by atoms with Crippen molar-refractivity contribution in [3.8, 4) is 17.0 Å². The van der Waals surface area contributed by atoms with Crippen molar-refractivity contribution in [1.82, 2.24) is 9.78 Å². The van der Waals surface area contributed by atoms with E-state index in [0.29, 0.717) is 34.5 Å². The second-order valence-electron chi connectivity index (χ2n) is 9.16. The Hall–Kier alpha value is -3.39. The molecule has 36 heavy (non-hydrogen) atoms. The molecule has 7 nitrogen and oxygen atoms in total. The third-order valence-corrected chi connectivity index (χ3v) is 6.42. The van der Waals surface area contributed by atoms with E-state index in [-0.39, 0.29) is 28.4 Å². The first kappa shape index (κ1) is 21.9. The number of anilines is 2. The van der Waals surface area contributed by atoms with Gasteiger partial charge in [-0.2, -0.15) is 5.10 Å². The number of carbonyl (C=O) groups is 2. The second-order valence-corrected chi connectivity index (χ2v) is 9.57. The van der Waals surface area contributed by atoms with Crippen LogP contribution in [0.2, 0.25) is 5.02 Å². The predicted molar refractivity (Wildman–Crippen MR) is 139 cm³/mol. The molecular weight excluding hydrogens is 483 g/mol. The second kappa shape index (κ2) is 10.7. The fourth-order valence-electron chi connectivity index (χ4n) is 4.01. The fraction of sp³-hybridized carbons (Fsp3) is 0.370. The molecule has 0 radical (unpaired) electrons. The third kappa shape index (κ3) is 5.38. The number of halogens is 2. The van der Waals surface area contributed by atoms with Crippen LogP contribution in [0.15, 0.2) is 42.5 Å². The number of amides is 2. The lowest BCUT2D eigenvalue weighted by molar-refractivity contribution is -0.114. The van der Waals surface area contributed by atoms with Crippen molar-refractivity contribution < 1.29 is 22.8 Å². The first-order valence-electron chi connectivity index (χ1n) is 13.3. The molecule has 0 spiro atoms. The molecular formula is C27H30ClFN4O3. The maximum absolute atomic E-state index is 14.7. The summed E-state index contributed by atoms with van der Waals surface area (Å²) in [6, 6.07) is 10.1. The standard InChI is InChI=1S/C27H30ClFN4O3/c1-16(2)33-23(14-25(31-33)30-17(3)34)19-11-12-22(24(13-19)36-15-18-7-5-8-18)32(4)27(35)26-20(28)9-6-10-21(26)29/h6,9-14,16,18H,5,7-8,15H2,1-4H3,(H,30,31,34)/i4D3. The van der Waals surface area contributed by atoms with E-state index in [1.165, 1.54) is 25.1 Å². The SMILES string of the molecule is [2H]C([2H])([2H])N(C(=O)c1c(F)cccc1Cl)c1ccc(-c2cc(NC(C)=O)nn2C(C)C)cc1OCC1CCC1. The van der Waals surface area contributed by atoms with E-state index in [9.17, 15) is 14.0 Å². The van der Waals surface area contributed by atoms with Crippen LogP contribution in [0.3, 0.4) is 0 Å².